The van der Waals surface area contributed by atoms with E-state index in [2.05, 4.69) is 26.9 Å². The first-order valence-corrected chi connectivity index (χ1v) is 6.82. The van der Waals surface area contributed by atoms with Gasteiger partial charge in [0.05, 0.1) is 16.4 Å². The average molecular weight is 307 g/mol. The van der Waals surface area contributed by atoms with Gasteiger partial charge in [0, 0.05) is 17.0 Å². The Hall–Kier alpha value is 0.0600. The van der Waals surface area contributed by atoms with Gasteiger partial charge < -0.3 is 10.8 Å². The van der Waals surface area contributed by atoms with Crippen LogP contribution >= 0.6 is 27.3 Å². The van der Waals surface area contributed by atoms with Crippen molar-refractivity contribution in [3.8, 4) is 0 Å². The van der Waals surface area contributed by atoms with E-state index in [1.54, 1.807) is 11.3 Å². The first-order valence-electron chi connectivity index (χ1n) is 5.21. The molecule has 16 heavy (non-hydrogen) atoms. The van der Waals surface area contributed by atoms with Crippen LogP contribution in [0, 0.1) is 0 Å². The largest absolute Gasteiger partial charge is 0.394 e. The molecule has 92 valence electrons. The summed E-state index contributed by atoms with van der Waals surface area (Å²) in [6, 6.07) is 4.26. The number of aliphatic hydroxyl groups excluding tert-OH is 1. The quantitative estimate of drug-likeness (QED) is 0.877. The molecule has 0 aliphatic rings. The van der Waals surface area contributed by atoms with Gasteiger partial charge in [0.1, 0.15) is 0 Å². The molecule has 3 N–H and O–H groups in total. The highest BCUT2D eigenvalue weighted by Gasteiger charge is 2.29. The second-order valence-corrected chi connectivity index (χ2v) is 6.97. The molecule has 0 fully saturated rings. The molecule has 5 heteroatoms. The number of aliphatic hydroxyl groups is 1. The van der Waals surface area contributed by atoms with Gasteiger partial charge in [-0.1, -0.05) is 0 Å². The van der Waals surface area contributed by atoms with Gasteiger partial charge in [-0.05, 0) is 49.0 Å². The summed E-state index contributed by atoms with van der Waals surface area (Å²) >= 11 is 5.14. The number of thiophene rings is 1. The molecule has 1 aromatic heterocycles. The predicted molar refractivity (Wildman–Crippen MR) is 72.7 cm³/mol. The van der Waals surface area contributed by atoms with Gasteiger partial charge in [-0.2, -0.15) is 0 Å². The van der Waals surface area contributed by atoms with Crippen molar-refractivity contribution in [2.24, 2.45) is 5.73 Å². The van der Waals surface area contributed by atoms with Gasteiger partial charge in [0.2, 0.25) is 0 Å². The van der Waals surface area contributed by atoms with Gasteiger partial charge >= 0.3 is 0 Å². The summed E-state index contributed by atoms with van der Waals surface area (Å²) in [6.45, 7) is 4.69. The topological polar surface area (TPSA) is 49.5 Å². The minimum Gasteiger partial charge on any atom is -0.394 e. The standard InChI is InChI=1S/C11H19BrN2OS/c1-11(2,7-15)14(3)8(6-13)9-4-5-10(12)16-9/h4-5,8,15H,6-7,13H2,1-3H3. The molecule has 3 nitrogen and oxygen atoms in total. The Morgan fingerprint density at radius 3 is 2.56 bits per heavy atom. The van der Waals surface area contributed by atoms with E-state index in [9.17, 15) is 5.11 Å². The van der Waals surface area contributed by atoms with E-state index in [0.717, 1.165) is 3.79 Å². The second-order valence-electron chi connectivity index (χ2n) is 4.47. The van der Waals surface area contributed by atoms with E-state index < -0.39 is 0 Å². The van der Waals surface area contributed by atoms with E-state index in [4.69, 9.17) is 5.73 Å². The maximum atomic E-state index is 9.37. The van der Waals surface area contributed by atoms with Crippen molar-refractivity contribution in [1.29, 1.82) is 0 Å². The number of likely N-dealkylation sites (N-methyl/N-ethyl adjacent to an activating group) is 1. The second kappa shape index (κ2) is 5.60. The van der Waals surface area contributed by atoms with E-state index in [0.29, 0.717) is 6.54 Å². The van der Waals surface area contributed by atoms with Gasteiger partial charge in [0.15, 0.2) is 0 Å². The molecule has 1 heterocycles. The van der Waals surface area contributed by atoms with Crippen molar-refractivity contribution >= 4 is 27.3 Å². The Kier molecular flexibility index (Phi) is 4.94. The van der Waals surface area contributed by atoms with Crippen molar-refractivity contribution in [2.75, 3.05) is 20.2 Å². The van der Waals surface area contributed by atoms with E-state index in [-0.39, 0.29) is 18.2 Å². The maximum Gasteiger partial charge on any atom is 0.0702 e. The van der Waals surface area contributed by atoms with Crippen LogP contribution in [0.3, 0.4) is 0 Å². The number of nitrogens with zero attached hydrogens (tertiary/aromatic N) is 1. The zero-order valence-corrected chi connectivity index (χ0v) is 12.3. The molecule has 1 atom stereocenters. The first kappa shape index (κ1) is 14.1. The molecule has 0 radical (unpaired) electrons. The molecule has 0 aliphatic heterocycles. The lowest BCUT2D eigenvalue weighted by Gasteiger charge is -2.39. The molecule has 0 spiro atoms. The zero-order valence-electron chi connectivity index (χ0n) is 9.90. The summed E-state index contributed by atoms with van der Waals surface area (Å²) < 4.78 is 1.11. The highest BCUT2D eigenvalue weighted by Crippen LogP contribution is 2.32. The van der Waals surface area contributed by atoms with Crippen LogP contribution in [0.15, 0.2) is 15.9 Å². The van der Waals surface area contributed by atoms with Crippen molar-refractivity contribution in [1.82, 2.24) is 4.90 Å². The summed E-state index contributed by atoms with van der Waals surface area (Å²) in [5.74, 6) is 0. The third-order valence-corrected chi connectivity index (χ3v) is 4.68. The summed E-state index contributed by atoms with van der Waals surface area (Å²) in [6.07, 6.45) is 0. The minimum atomic E-state index is -0.263. The van der Waals surface area contributed by atoms with Gasteiger partial charge in [0.25, 0.3) is 0 Å². The van der Waals surface area contributed by atoms with Gasteiger partial charge in [-0.25, -0.2) is 0 Å². The Bertz CT molecular complexity index is 340. The van der Waals surface area contributed by atoms with Crippen LogP contribution < -0.4 is 5.73 Å². The molecule has 1 rings (SSSR count). The van der Waals surface area contributed by atoms with Gasteiger partial charge in [-0.15, -0.1) is 11.3 Å². The average Bonchev–Trinajstić information content (AvgIpc) is 2.66. The summed E-state index contributed by atoms with van der Waals surface area (Å²) in [5.41, 5.74) is 5.57. The molecular formula is C11H19BrN2OS. The summed E-state index contributed by atoms with van der Waals surface area (Å²) in [4.78, 5) is 3.35. The van der Waals surface area contributed by atoms with Crippen LogP contribution in [0.5, 0.6) is 0 Å². The van der Waals surface area contributed by atoms with Crippen molar-refractivity contribution in [3.05, 3.63) is 20.8 Å². The Morgan fingerprint density at radius 1 is 1.56 bits per heavy atom. The minimum absolute atomic E-state index is 0.118. The fourth-order valence-corrected chi connectivity index (χ4v) is 3.09. The monoisotopic (exact) mass is 306 g/mol. The maximum absolute atomic E-state index is 9.37. The number of hydrogen-bond acceptors (Lipinski definition) is 4. The van der Waals surface area contributed by atoms with E-state index in [1.165, 1.54) is 4.88 Å². The van der Waals surface area contributed by atoms with Crippen LogP contribution in [-0.4, -0.2) is 35.7 Å². The van der Waals surface area contributed by atoms with Crippen LogP contribution in [0.2, 0.25) is 0 Å². The van der Waals surface area contributed by atoms with E-state index >= 15 is 0 Å². The van der Waals surface area contributed by atoms with Crippen molar-refractivity contribution in [2.45, 2.75) is 25.4 Å². The number of halogens is 1. The molecule has 1 unspecified atom stereocenters. The highest BCUT2D eigenvalue weighted by molar-refractivity contribution is 9.11. The molecule has 0 aliphatic carbocycles. The van der Waals surface area contributed by atoms with Crippen molar-refractivity contribution < 1.29 is 5.11 Å². The molecular weight excluding hydrogens is 288 g/mol. The van der Waals surface area contributed by atoms with Crippen LogP contribution in [0.25, 0.3) is 0 Å². The smallest absolute Gasteiger partial charge is 0.0702 e. The lowest BCUT2D eigenvalue weighted by atomic mass is 10.0. The normalized spacial score (nSPS) is 14.4. The third-order valence-electron chi connectivity index (χ3n) is 2.95. The SMILES string of the molecule is CN(C(CN)c1ccc(Br)s1)C(C)(C)CO. The fraction of sp³-hybridized carbons (Fsp3) is 0.636. The third kappa shape index (κ3) is 3.05. The number of rotatable bonds is 5. The molecule has 0 bridgehead atoms. The summed E-state index contributed by atoms with van der Waals surface area (Å²) in [5, 5.41) is 9.37. The Balaban J connectivity index is 2.90. The van der Waals surface area contributed by atoms with Crippen LogP contribution in [-0.2, 0) is 0 Å². The summed E-state index contributed by atoms with van der Waals surface area (Å²) in [7, 11) is 2.00. The molecule has 1 aromatic rings. The predicted octanol–water partition coefficient (Wildman–Crippen LogP) is 2.21. The molecule has 0 aromatic carbocycles. The molecule has 0 amide bonds. The Morgan fingerprint density at radius 2 is 2.19 bits per heavy atom. The highest BCUT2D eigenvalue weighted by atomic mass is 79.9. The Labute approximate surface area is 109 Å². The number of nitrogens with two attached hydrogens (primary N) is 1. The lowest BCUT2D eigenvalue weighted by Crippen LogP contribution is -2.47. The van der Waals surface area contributed by atoms with Crippen molar-refractivity contribution in [3.63, 3.8) is 0 Å². The number of hydrogen-bond donors (Lipinski definition) is 2. The molecule has 0 saturated carbocycles. The van der Waals surface area contributed by atoms with Crippen LogP contribution in [0.1, 0.15) is 24.8 Å². The lowest BCUT2D eigenvalue weighted by molar-refractivity contribution is 0.0481. The van der Waals surface area contributed by atoms with Crippen LogP contribution in [0.4, 0.5) is 0 Å². The zero-order chi connectivity index (χ0) is 12.3. The first-order chi connectivity index (χ1) is 7.42. The van der Waals surface area contributed by atoms with E-state index in [1.807, 2.05) is 27.0 Å². The fourth-order valence-electron chi connectivity index (χ4n) is 1.51. The molecule has 0 saturated heterocycles. The van der Waals surface area contributed by atoms with Gasteiger partial charge in [-0.3, -0.25) is 4.90 Å².